The second-order valence-electron chi connectivity index (χ2n) is 3.82. The molecule has 0 spiro atoms. The van der Waals surface area contributed by atoms with Gasteiger partial charge in [-0.15, -0.1) is 11.3 Å². The van der Waals surface area contributed by atoms with E-state index in [1.54, 1.807) is 0 Å². The summed E-state index contributed by atoms with van der Waals surface area (Å²) in [6, 6.07) is 11.7. The molecule has 1 aliphatic heterocycles. The van der Waals surface area contributed by atoms with Crippen LogP contribution in [0.2, 0.25) is 0 Å². The monoisotopic (exact) mass is 258 g/mol. The zero-order chi connectivity index (χ0) is 12.4. The third-order valence-corrected chi connectivity index (χ3v) is 3.57. The van der Waals surface area contributed by atoms with Gasteiger partial charge in [-0.25, -0.2) is 0 Å². The van der Waals surface area contributed by atoms with Crippen LogP contribution in [-0.4, -0.2) is 6.79 Å². The Bertz CT molecular complexity index is 616. The molecule has 1 aromatic heterocycles. The van der Waals surface area contributed by atoms with Crippen LogP contribution in [0.4, 0.5) is 5.00 Å². The average Bonchev–Trinajstić information content (AvgIpc) is 3.04. The van der Waals surface area contributed by atoms with Crippen molar-refractivity contribution in [3.05, 3.63) is 40.8 Å². The standard InChI is InChI=1S/C13H10N2O2S/c14-6-10-2-4-13(18-10)15-7-9-1-3-11-12(5-9)17-8-16-11/h1-5,15H,7-8H2. The van der Waals surface area contributed by atoms with Crippen molar-refractivity contribution >= 4 is 16.3 Å². The lowest BCUT2D eigenvalue weighted by molar-refractivity contribution is 0.174. The molecule has 2 aromatic rings. The zero-order valence-electron chi connectivity index (χ0n) is 9.47. The van der Waals surface area contributed by atoms with Gasteiger partial charge in [-0.2, -0.15) is 5.26 Å². The molecular formula is C13H10N2O2S. The van der Waals surface area contributed by atoms with E-state index in [4.69, 9.17) is 14.7 Å². The highest BCUT2D eigenvalue weighted by atomic mass is 32.1. The molecule has 0 unspecified atom stereocenters. The van der Waals surface area contributed by atoms with E-state index < -0.39 is 0 Å². The van der Waals surface area contributed by atoms with Crippen LogP contribution >= 0.6 is 11.3 Å². The van der Waals surface area contributed by atoms with Gasteiger partial charge >= 0.3 is 0 Å². The number of anilines is 1. The molecule has 0 atom stereocenters. The summed E-state index contributed by atoms with van der Waals surface area (Å²) >= 11 is 1.45. The number of rotatable bonds is 3. The number of benzene rings is 1. The maximum Gasteiger partial charge on any atom is 0.231 e. The van der Waals surface area contributed by atoms with Crippen LogP contribution in [0.25, 0.3) is 0 Å². The molecule has 0 saturated carbocycles. The van der Waals surface area contributed by atoms with Gasteiger partial charge in [0.15, 0.2) is 11.5 Å². The average molecular weight is 258 g/mol. The largest absolute Gasteiger partial charge is 0.454 e. The van der Waals surface area contributed by atoms with Crippen molar-refractivity contribution in [3.8, 4) is 17.6 Å². The molecule has 0 aliphatic carbocycles. The molecule has 4 nitrogen and oxygen atoms in total. The molecule has 1 aliphatic rings. The van der Waals surface area contributed by atoms with Crippen molar-refractivity contribution in [2.75, 3.05) is 12.1 Å². The summed E-state index contributed by atoms with van der Waals surface area (Å²) in [7, 11) is 0. The quantitative estimate of drug-likeness (QED) is 0.919. The van der Waals surface area contributed by atoms with Gasteiger partial charge in [0.25, 0.3) is 0 Å². The van der Waals surface area contributed by atoms with Gasteiger partial charge in [-0.1, -0.05) is 6.07 Å². The van der Waals surface area contributed by atoms with E-state index in [1.807, 2.05) is 30.3 Å². The number of nitriles is 1. The van der Waals surface area contributed by atoms with Crippen molar-refractivity contribution in [1.29, 1.82) is 5.26 Å². The summed E-state index contributed by atoms with van der Waals surface area (Å²) in [5.74, 6) is 1.58. The van der Waals surface area contributed by atoms with Crippen LogP contribution < -0.4 is 14.8 Å². The van der Waals surface area contributed by atoms with E-state index in [2.05, 4.69) is 11.4 Å². The van der Waals surface area contributed by atoms with Gasteiger partial charge in [0, 0.05) is 6.54 Å². The van der Waals surface area contributed by atoms with Crippen LogP contribution in [0.15, 0.2) is 30.3 Å². The topological polar surface area (TPSA) is 54.3 Å². The first-order valence-electron chi connectivity index (χ1n) is 5.47. The Morgan fingerprint density at radius 1 is 1.22 bits per heavy atom. The Labute approximate surface area is 108 Å². The molecule has 1 N–H and O–H groups in total. The number of nitrogens with zero attached hydrogens (tertiary/aromatic N) is 1. The summed E-state index contributed by atoms with van der Waals surface area (Å²) in [5.41, 5.74) is 1.12. The Morgan fingerprint density at radius 2 is 2.11 bits per heavy atom. The number of fused-ring (bicyclic) bond motifs is 1. The predicted octanol–water partition coefficient (Wildman–Crippen LogP) is 2.96. The van der Waals surface area contributed by atoms with Crippen LogP contribution in [0.5, 0.6) is 11.5 Å². The van der Waals surface area contributed by atoms with Crippen LogP contribution in [-0.2, 0) is 6.54 Å². The lowest BCUT2D eigenvalue weighted by Gasteiger charge is -2.04. The van der Waals surface area contributed by atoms with Gasteiger partial charge < -0.3 is 14.8 Å². The number of thiophene rings is 1. The summed E-state index contributed by atoms with van der Waals surface area (Å²) in [4.78, 5) is 0.711. The van der Waals surface area contributed by atoms with Crippen LogP contribution in [0.3, 0.4) is 0 Å². The van der Waals surface area contributed by atoms with Crippen LogP contribution in [0, 0.1) is 11.3 Å². The van der Waals surface area contributed by atoms with Gasteiger partial charge in [-0.05, 0) is 29.8 Å². The number of ether oxygens (including phenoxy) is 2. The van der Waals surface area contributed by atoms with Crippen molar-refractivity contribution in [2.24, 2.45) is 0 Å². The Morgan fingerprint density at radius 3 is 2.94 bits per heavy atom. The van der Waals surface area contributed by atoms with Crippen molar-refractivity contribution in [3.63, 3.8) is 0 Å². The van der Waals surface area contributed by atoms with Crippen molar-refractivity contribution < 1.29 is 9.47 Å². The van der Waals surface area contributed by atoms with Gasteiger partial charge in [0.1, 0.15) is 10.9 Å². The van der Waals surface area contributed by atoms with E-state index in [1.165, 1.54) is 11.3 Å². The molecular weight excluding hydrogens is 248 g/mol. The predicted molar refractivity (Wildman–Crippen MR) is 68.9 cm³/mol. The van der Waals surface area contributed by atoms with E-state index in [0.29, 0.717) is 18.2 Å². The number of hydrogen-bond acceptors (Lipinski definition) is 5. The van der Waals surface area contributed by atoms with Crippen molar-refractivity contribution in [1.82, 2.24) is 0 Å². The van der Waals surface area contributed by atoms with E-state index in [-0.39, 0.29) is 0 Å². The summed E-state index contributed by atoms with van der Waals surface area (Å²) < 4.78 is 10.6. The third-order valence-electron chi connectivity index (χ3n) is 2.62. The molecule has 1 aromatic carbocycles. The first-order chi connectivity index (χ1) is 8.85. The van der Waals surface area contributed by atoms with E-state index >= 15 is 0 Å². The smallest absolute Gasteiger partial charge is 0.231 e. The second-order valence-corrected chi connectivity index (χ2v) is 4.90. The molecule has 2 heterocycles. The van der Waals surface area contributed by atoms with Gasteiger partial charge in [-0.3, -0.25) is 0 Å². The molecule has 0 radical (unpaired) electrons. The first kappa shape index (κ1) is 10.9. The van der Waals surface area contributed by atoms with E-state index in [0.717, 1.165) is 22.1 Å². The van der Waals surface area contributed by atoms with E-state index in [9.17, 15) is 0 Å². The Balaban J connectivity index is 1.68. The molecule has 0 fully saturated rings. The molecule has 0 saturated heterocycles. The van der Waals surface area contributed by atoms with Crippen LogP contribution in [0.1, 0.15) is 10.4 Å². The minimum absolute atomic E-state index is 0.294. The number of hydrogen-bond donors (Lipinski definition) is 1. The minimum atomic E-state index is 0.294. The Hall–Kier alpha value is -2.19. The minimum Gasteiger partial charge on any atom is -0.454 e. The highest BCUT2D eigenvalue weighted by Crippen LogP contribution is 2.32. The fourth-order valence-electron chi connectivity index (χ4n) is 1.73. The second kappa shape index (κ2) is 4.59. The fraction of sp³-hybridized carbons (Fsp3) is 0.154. The molecule has 5 heteroatoms. The molecule has 18 heavy (non-hydrogen) atoms. The summed E-state index contributed by atoms with van der Waals surface area (Å²) in [6.07, 6.45) is 0. The normalized spacial score (nSPS) is 12.2. The molecule has 3 rings (SSSR count). The van der Waals surface area contributed by atoms with Crippen molar-refractivity contribution in [2.45, 2.75) is 6.54 Å². The number of nitrogens with one attached hydrogen (secondary N) is 1. The molecule has 90 valence electrons. The molecule has 0 amide bonds. The highest BCUT2D eigenvalue weighted by molar-refractivity contribution is 7.16. The first-order valence-corrected chi connectivity index (χ1v) is 6.29. The lowest BCUT2D eigenvalue weighted by atomic mass is 10.2. The third kappa shape index (κ3) is 2.11. The maximum absolute atomic E-state index is 8.74. The molecule has 0 bridgehead atoms. The maximum atomic E-state index is 8.74. The fourth-order valence-corrected chi connectivity index (χ4v) is 2.43. The van der Waals surface area contributed by atoms with Gasteiger partial charge in [0.05, 0.1) is 5.00 Å². The lowest BCUT2D eigenvalue weighted by Crippen LogP contribution is -1.97. The summed E-state index contributed by atoms with van der Waals surface area (Å²) in [5, 5.41) is 13.0. The zero-order valence-corrected chi connectivity index (χ0v) is 10.3. The SMILES string of the molecule is N#Cc1ccc(NCc2ccc3c(c2)OCO3)s1. The van der Waals surface area contributed by atoms with Gasteiger partial charge in [0.2, 0.25) is 6.79 Å². The highest BCUT2D eigenvalue weighted by Gasteiger charge is 2.12. The summed E-state index contributed by atoms with van der Waals surface area (Å²) in [6.45, 7) is 0.991. The Kier molecular flexibility index (Phi) is 2.79.